The van der Waals surface area contributed by atoms with E-state index >= 15 is 0 Å². The molecule has 0 spiro atoms. The monoisotopic (exact) mass is 438 g/mol. The zero-order valence-corrected chi connectivity index (χ0v) is 19.2. The highest BCUT2D eigenvalue weighted by Gasteiger charge is 2.31. The molecule has 0 aliphatic carbocycles. The largest absolute Gasteiger partial charge is 0.444 e. The van der Waals surface area contributed by atoms with Crippen molar-refractivity contribution in [1.29, 1.82) is 5.26 Å². The predicted molar refractivity (Wildman–Crippen MR) is 120 cm³/mol. The Balaban J connectivity index is 1.56. The van der Waals surface area contributed by atoms with Crippen LogP contribution in [-0.4, -0.2) is 55.9 Å². The van der Waals surface area contributed by atoms with E-state index in [1.165, 1.54) is 12.4 Å². The molecule has 2 N–H and O–H groups in total. The number of anilines is 3. The van der Waals surface area contributed by atoms with Gasteiger partial charge in [-0.1, -0.05) is 0 Å². The quantitative estimate of drug-likeness (QED) is 0.718. The number of ether oxygens (including phenoxy) is 1. The minimum Gasteiger partial charge on any atom is -0.444 e. The Morgan fingerprint density at radius 3 is 2.69 bits per heavy atom. The molecule has 3 rings (SSSR count). The maximum absolute atomic E-state index is 12.4. The van der Waals surface area contributed by atoms with Gasteiger partial charge in [-0.2, -0.15) is 10.4 Å². The number of likely N-dealkylation sites (tertiary alicyclic amines) is 1. The van der Waals surface area contributed by atoms with Crippen LogP contribution in [0.4, 0.5) is 22.1 Å². The molecule has 1 fully saturated rings. The summed E-state index contributed by atoms with van der Waals surface area (Å²) in [5.74, 6) is 1.44. The zero-order valence-electron chi connectivity index (χ0n) is 19.2. The summed E-state index contributed by atoms with van der Waals surface area (Å²) in [7, 11) is 0. The number of piperidine rings is 1. The molecule has 0 bridgehead atoms. The van der Waals surface area contributed by atoms with Crippen LogP contribution in [0.15, 0.2) is 18.5 Å². The summed E-state index contributed by atoms with van der Waals surface area (Å²) >= 11 is 0. The summed E-state index contributed by atoms with van der Waals surface area (Å²) in [6, 6.07) is 3.93. The van der Waals surface area contributed by atoms with Crippen LogP contribution in [0.1, 0.15) is 51.9 Å². The van der Waals surface area contributed by atoms with Crippen LogP contribution in [0.5, 0.6) is 0 Å². The highest BCUT2D eigenvalue weighted by molar-refractivity contribution is 5.68. The van der Waals surface area contributed by atoms with Crippen molar-refractivity contribution in [3.05, 3.63) is 29.8 Å². The van der Waals surface area contributed by atoms with Crippen LogP contribution < -0.4 is 10.6 Å². The minimum atomic E-state index is -0.490. The van der Waals surface area contributed by atoms with Crippen molar-refractivity contribution in [2.45, 2.75) is 59.1 Å². The lowest BCUT2D eigenvalue weighted by atomic mass is 9.91. The van der Waals surface area contributed by atoms with Crippen molar-refractivity contribution in [2.24, 2.45) is 5.92 Å². The number of rotatable bonds is 5. The molecule has 2 atom stereocenters. The second kappa shape index (κ2) is 9.77. The maximum atomic E-state index is 12.4. The lowest BCUT2D eigenvalue weighted by Crippen LogP contribution is -2.47. The molecule has 2 unspecified atom stereocenters. The van der Waals surface area contributed by atoms with Crippen LogP contribution in [0, 0.1) is 24.2 Å². The number of nitrogens with zero attached hydrogens (tertiary/aromatic N) is 6. The van der Waals surface area contributed by atoms with E-state index in [2.05, 4.69) is 37.7 Å². The van der Waals surface area contributed by atoms with Gasteiger partial charge in [-0.25, -0.2) is 14.8 Å². The highest BCUT2D eigenvalue weighted by Crippen LogP contribution is 2.26. The van der Waals surface area contributed by atoms with Gasteiger partial charge in [0, 0.05) is 25.2 Å². The van der Waals surface area contributed by atoms with Crippen LogP contribution >= 0.6 is 0 Å². The number of hydrogen-bond acceptors (Lipinski definition) is 9. The van der Waals surface area contributed by atoms with Crippen LogP contribution in [-0.2, 0) is 4.74 Å². The van der Waals surface area contributed by atoms with Crippen LogP contribution in [0.25, 0.3) is 0 Å². The standard InChI is InChI=1S/C22H30N8O2/c1-14-8-16(6-7-30(14)21(31)32-22(3,4)5)11-25-18-9-19(29-28-15(18)2)27-20-13-24-17(10-23)12-26-20/h9,12-14,16H,6-8,11H2,1-5H3,(H2,25,26,27,29). The van der Waals surface area contributed by atoms with Crippen molar-refractivity contribution >= 4 is 23.4 Å². The molecule has 1 aliphatic heterocycles. The molecule has 1 amide bonds. The van der Waals surface area contributed by atoms with Gasteiger partial charge in [-0.15, -0.1) is 5.10 Å². The molecule has 2 aromatic heterocycles. The first-order valence-electron chi connectivity index (χ1n) is 10.7. The summed E-state index contributed by atoms with van der Waals surface area (Å²) < 4.78 is 5.53. The Kier molecular flexibility index (Phi) is 7.08. The fourth-order valence-corrected chi connectivity index (χ4v) is 3.58. The lowest BCUT2D eigenvalue weighted by molar-refractivity contribution is 0.00777. The van der Waals surface area contributed by atoms with Crippen molar-refractivity contribution in [3.8, 4) is 6.07 Å². The summed E-state index contributed by atoms with van der Waals surface area (Å²) in [6.07, 6.45) is 4.43. The van der Waals surface area contributed by atoms with Crippen molar-refractivity contribution in [1.82, 2.24) is 25.1 Å². The molecule has 0 radical (unpaired) electrons. The first kappa shape index (κ1) is 23.2. The molecule has 1 saturated heterocycles. The van der Waals surface area contributed by atoms with Gasteiger partial charge in [0.2, 0.25) is 0 Å². The van der Waals surface area contributed by atoms with Gasteiger partial charge < -0.3 is 20.3 Å². The van der Waals surface area contributed by atoms with Gasteiger partial charge in [0.15, 0.2) is 11.5 Å². The van der Waals surface area contributed by atoms with Crippen molar-refractivity contribution in [2.75, 3.05) is 23.7 Å². The molecule has 1 aliphatic rings. The van der Waals surface area contributed by atoms with E-state index in [1.807, 2.05) is 44.7 Å². The molecule has 10 nitrogen and oxygen atoms in total. The third-order valence-corrected chi connectivity index (χ3v) is 5.20. The van der Waals surface area contributed by atoms with Crippen LogP contribution in [0.3, 0.4) is 0 Å². The predicted octanol–water partition coefficient (Wildman–Crippen LogP) is 3.64. The van der Waals surface area contributed by atoms with E-state index in [4.69, 9.17) is 10.00 Å². The third-order valence-electron chi connectivity index (χ3n) is 5.20. The Morgan fingerprint density at radius 2 is 2.06 bits per heavy atom. The number of hydrogen-bond donors (Lipinski definition) is 2. The van der Waals surface area contributed by atoms with Gasteiger partial charge in [0.1, 0.15) is 17.5 Å². The summed E-state index contributed by atoms with van der Waals surface area (Å²) in [5, 5.41) is 23.7. The lowest BCUT2D eigenvalue weighted by Gasteiger charge is -2.38. The number of amides is 1. The van der Waals surface area contributed by atoms with Crippen LogP contribution in [0.2, 0.25) is 0 Å². The highest BCUT2D eigenvalue weighted by atomic mass is 16.6. The molecule has 3 heterocycles. The molecule has 170 valence electrons. The Hall–Kier alpha value is -3.48. The summed E-state index contributed by atoms with van der Waals surface area (Å²) in [4.78, 5) is 22.4. The molecular formula is C22H30N8O2. The van der Waals surface area contributed by atoms with Gasteiger partial charge in [0.25, 0.3) is 0 Å². The molecule has 2 aromatic rings. The third kappa shape index (κ3) is 6.26. The van der Waals surface area contributed by atoms with E-state index in [-0.39, 0.29) is 17.8 Å². The molecule has 10 heteroatoms. The van der Waals surface area contributed by atoms with E-state index in [9.17, 15) is 4.79 Å². The van der Waals surface area contributed by atoms with E-state index in [1.54, 1.807) is 0 Å². The normalized spacial score (nSPS) is 18.6. The number of carbonyl (C=O) groups excluding carboxylic acids is 1. The number of nitriles is 1. The second-order valence-electron chi connectivity index (χ2n) is 9.05. The molecule has 0 saturated carbocycles. The Morgan fingerprint density at radius 1 is 1.28 bits per heavy atom. The Labute approximate surface area is 188 Å². The Bertz CT molecular complexity index is 981. The van der Waals surface area contributed by atoms with Gasteiger partial charge in [-0.05, 0) is 53.4 Å². The van der Waals surface area contributed by atoms with Gasteiger partial charge >= 0.3 is 6.09 Å². The topological polar surface area (TPSA) is 129 Å². The SMILES string of the molecule is Cc1nnc(Nc2cnc(C#N)cn2)cc1NCC1CCN(C(=O)OC(C)(C)C)C(C)C1. The molecule has 32 heavy (non-hydrogen) atoms. The van der Waals surface area contributed by atoms with E-state index in [0.717, 1.165) is 30.8 Å². The zero-order chi connectivity index (χ0) is 23.3. The second-order valence-corrected chi connectivity index (χ2v) is 9.05. The van der Waals surface area contributed by atoms with E-state index in [0.29, 0.717) is 24.1 Å². The first-order chi connectivity index (χ1) is 15.1. The van der Waals surface area contributed by atoms with Gasteiger partial charge in [-0.3, -0.25) is 0 Å². The fourth-order valence-electron chi connectivity index (χ4n) is 3.58. The summed E-state index contributed by atoms with van der Waals surface area (Å²) in [5.41, 5.74) is 1.43. The minimum absolute atomic E-state index is 0.120. The summed E-state index contributed by atoms with van der Waals surface area (Å²) in [6.45, 7) is 11.1. The number of aryl methyl sites for hydroxylation is 1. The average molecular weight is 439 g/mol. The van der Waals surface area contributed by atoms with Gasteiger partial charge in [0.05, 0.1) is 23.8 Å². The number of carbonyl (C=O) groups is 1. The smallest absolute Gasteiger partial charge is 0.410 e. The maximum Gasteiger partial charge on any atom is 0.410 e. The fraction of sp³-hybridized carbons (Fsp3) is 0.545. The number of aromatic nitrogens is 4. The first-order valence-corrected chi connectivity index (χ1v) is 10.7. The van der Waals surface area contributed by atoms with Crippen molar-refractivity contribution < 1.29 is 9.53 Å². The number of nitrogens with one attached hydrogen (secondary N) is 2. The van der Waals surface area contributed by atoms with E-state index < -0.39 is 5.60 Å². The van der Waals surface area contributed by atoms with Crippen molar-refractivity contribution in [3.63, 3.8) is 0 Å². The molecule has 0 aromatic carbocycles. The average Bonchev–Trinajstić information content (AvgIpc) is 2.73. The molecular weight excluding hydrogens is 408 g/mol.